The van der Waals surface area contributed by atoms with Gasteiger partial charge in [-0.05, 0) is 25.1 Å². The van der Waals surface area contributed by atoms with Crippen LogP contribution in [-0.2, 0) is 10.0 Å². The van der Waals surface area contributed by atoms with E-state index in [1.54, 1.807) is 0 Å². The van der Waals surface area contributed by atoms with E-state index in [-0.39, 0.29) is 15.5 Å². The van der Waals surface area contributed by atoms with Gasteiger partial charge in [-0.1, -0.05) is 11.6 Å². The normalized spacial score (nSPS) is 12.8. The Morgan fingerprint density at radius 1 is 1.39 bits per heavy atom. The zero-order chi connectivity index (χ0) is 13.9. The van der Waals surface area contributed by atoms with Crippen molar-refractivity contribution in [3.63, 3.8) is 0 Å². The minimum Gasteiger partial charge on any atom is -0.207 e. The molecule has 0 bridgehead atoms. The van der Waals surface area contributed by atoms with Crippen LogP contribution in [0.3, 0.4) is 0 Å². The van der Waals surface area contributed by atoms with E-state index in [9.17, 15) is 8.42 Å². The first kappa shape index (κ1) is 14.5. The van der Waals surface area contributed by atoms with Crippen LogP contribution in [0.15, 0.2) is 23.1 Å². The monoisotopic (exact) mass is 283 g/mol. The summed E-state index contributed by atoms with van der Waals surface area (Å²) in [5.41, 5.74) is 0.191. The van der Waals surface area contributed by atoms with Crippen molar-refractivity contribution in [2.45, 2.75) is 17.9 Å². The van der Waals surface area contributed by atoms with Gasteiger partial charge in [-0.2, -0.15) is 14.8 Å². The second-order valence-electron chi connectivity index (χ2n) is 3.58. The van der Waals surface area contributed by atoms with Crippen LogP contribution in [0.25, 0.3) is 0 Å². The molecule has 0 aliphatic carbocycles. The van der Waals surface area contributed by atoms with Crippen LogP contribution in [0.4, 0.5) is 0 Å². The standard InChI is InChI=1S/C11H10ClN3O2S/c1-8(6-13)15(2)18(16,17)11-5-9(7-14)3-4-10(11)12/h3-5,8H,1-2H3. The summed E-state index contributed by atoms with van der Waals surface area (Å²) in [6.07, 6.45) is 0. The third kappa shape index (κ3) is 2.62. The molecule has 0 fully saturated rings. The maximum atomic E-state index is 12.2. The van der Waals surface area contributed by atoms with Gasteiger partial charge in [0.1, 0.15) is 10.9 Å². The quantitative estimate of drug-likeness (QED) is 0.846. The minimum absolute atomic E-state index is 0.0194. The molecular formula is C11H10ClN3O2S. The predicted molar refractivity (Wildman–Crippen MR) is 66.2 cm³/mol. The molecule has 0 heterocycles. The highest BCUT2D eigenvalue weighted by molar-refractivity contribution is 7.89. The van der Waals surface area contributed by atoms with Crippen molar-refractivity contribution in [3.8, 4) is 12.1 Å². The largest absolute Gasteiger partial charge is 0.245 e. The molecule has 0 saturated heterocycles. The molecule has 1 unspecified atom stereocenters. The van der Waals surface area contributed by atoms with Gasteiger partial charge < -0.3 is 0 Å². The predicted octanol–water partition coefficient (Wildman–Crippen LogP) is 1.74. The van der Waals surface area contributed by atoms with E-state index in [4.69, 9.17) is 22.1 Å². The van der Waals surface area contributed by atoms with Crippen molar-refractivity contribution in [1.82, 2.24) is 4.31 Å². The number of nitriles is 2. The molecule has 1 atom stereocenters. The van der Waals surface area contributed by atoms with Gasteiger partial charge in [-0.25, -0.2) is 8.42 Å². The molecular weight excluding hydrogens is 274 g/mol. The van der Waals surface area contributed by atoms with E-state index in [2.05, 4.69) is 0 Å². The van der Waals surface area contributed by atoms with Gasteiger partial charge in [-0.3, -0.25) is 0 Å². The average Bonchev–Trinajstić information content (AvgIpc) is 2.37. The lowest BCUT2D eigenvalue weighted by molar-refractivity contribution is 0.442. The number of hydrogen-bond acceptors (Lipinski definition) is 4. The summed E-state index contributed by atoms with van der Waals surface area (Å²) in [4.78, 5) is -0.173. The van der Waals surface area contributed by atoms with Gasteiger partial charge in [0.05, 0.1) is 22.7 Å². The Bertz CT molecular complexity index is 643. The average molecular weight is 284 g/mol. The van der Waals surface area contributed by atoms with Gasteiger partial charge in [0.25, 0.3) is 0 Å². The fourth-order valence-corrected chi connectivity index (χ4v) is 2.99. The summed E-state index contributed by atoms with van der Waals surface area (Å²) in [6, 6.07) is 6.81. The number of rotatable bonds is 3. The van der Waals surface area contributed by atoms with E-state index in [0.29, 0.717) is 0 Å². The first-order chi connectivity index (χ1) is 8.34. The SMILES string of the molecule is CC(C#N)N(C)S(=O)(=O)c1cc(C#N)ccc1Cl. The lowest BCUT2D eigenvalue weighted by Gasteiger charge is -2.19. The van der Waals surface area contributed by atoms with Crippen LogP contribution in [0.5, 0.6) is 0 Å². The molecule has 0 N–H and O–H groups in total. The summed E-state index contributed by atoms with van der Waals surface area (Å²) < 4.78 is 25.3. The maximum absolute atomic E-state index is 12.2. The third-order valence-electron chi connectivity index (χ3n) is 2.45. The van der Waals surface area contributed by atoms with Gasteiger partial charge in [-0.15, -0.1) is 0 Å². The molecule has 1 rings (SSSR count). The van der Waals surface area contributed by atoms with Crippen molar-refractivity contribution in [1.29, 1.82) is 10.5 Å². The van der Waals surface area contributed by atoms with Crippen LogP contribution in [0.1, 0.15) is 12.5 Å². The first-order valence-electron chi connectivity index (χ1n) is 4.92. The number of halogens is 1. The van der Waals surface area contributed by atoms with E-state index >= 15 is 0 Å². The molecule has 0 aliphatic rings. The molecule has 1 aromatic carbocycles. The number of nitrogens with zero attached hydrogens (tertiary/aromatic N) is 3. The van der Waals surface area contributed by atoms with Crippen molar-refractivity contribution in [3.05, 3.63) is 28.8 Å². The summed E-state index contributed by atoms with van der Waals surface area (Å²) in [6.45, 7) is 1.46. The molecule has 0 saturated carbocycles. The highest BCUT2D eigenvalue weighted by atomic mass is 35.5. The summed E-state index contributed by atoms with van der Waals surface area (Å²) in [5.74, 6) is 0. The second kappa shape index (κ2) is 5.36. The Labute approximate surface area is 111 Å². The van der Waals surface area contributed by atoms with Gasteiger partial charge in [0.15, 0.2) is 0 Å². The first-order valence-corrected chi connectivity index (χ1v) is 6.73. The van der Waals surface area contributed by atoms with Crippen molar-refractivity contribution in [2.75, 3.05) is 7.05 Å². The van der Waals surface area contributed by atoms with Gasteiger partial charge in [0, 0.05) is 7.05 Å². The highest BCUT2D eigenvalue weighted by Gasteiger charge is 2.27. The maximum Gasteiger partial charge on any atom is 0.245 e. The Hall–Kier alpha value is -1.60. The van der Waals surface area contributed by atoms with Crippen molar-refractivity contribution >= 4 is 21.6 Å². The molecule has 0 aromatic heterocycles. The molecule has 0 amide bonds. The fourth-order valence-electron chi connectivity index (χ4n) is 1.22. The molecule has 5 nitrogen and oxygen atoms in total. The third-order valence-corrected chi connectivity index (χ3v) is 4.86. The zero-order valence-electron chi connectivity index (χ0n) is 9.75. The van der Waals surface area contributed by atoms with Crippen molar-refractivity contribution < 1.29 is 8.42 Å². The smallest absolute Gasteiger partial charge is 0.207 e. The summed E-state index contributed by atoms with van der Waals surface area (Å²) >= 11 is 5.83. The molecule has 1 aromatic rings. The van der Waals surface area contributed by atoms with Gasteiger partial charge in [0.2, 0.25) is 10.0 Å². The van der Waals surface area contributed by atoms with Gasteiger partial charge >= 0.3 is 0 Å². The van der Waals surface area contributed by atoms with E-state index in [1.165, 1.54) is 32.2 Å². The highest BCUT2D eigenvalue weighted by Crippen LogP contribution is 2.25. The van der Waals surface area contributed by atoms with E-state index in [0.717, 1.165) is 4.31 Å². The molecule has 0 spiro atoms. The molecule has 94 valence electrons. The Morgan fingerprint density at radius 2 is 2.00 bits per heavy atom. The Morgan fingerprint density at radius 3 is 2.50 bits per heavy atom. The molecule has 0 radical (unpaired) electrons. The van der Waals surface area contributed by atoms with Crippen LogP contribution < -0.4 is 0 Å². The Balaban J connectivity index is 3.39. The number of hydrogen-bond donors (Lipinski definition) is 0. The van der Waals surface area contributed by atoms with Crippen molar-refractivity contribution in [2.24, 2.45) is 0 Å². The van der Waals surface area contributed by atoms with Crippen LogP contribution in [-0.4, -0.2) is 25.8 Å². The molecule has 7 heteroatoms. The lowest BCUT2D eigenvalue weighted by Crippen LogP contribution is -2.34. The summed E-state index contributed by atoms with van der Waals surface area (Å²) in [5, 5.41) is 17.5. The summed E-state index contributed by atoms with van der Waals surface area (Å²) in [7, 11) is -2.60. The fraction of sp³-hybridized carbons (Fsp3) is 0.273. The van der Waals surface area contributed by atoms with E-state index in [1.807, 2.05) is 12.1 Å². The van der Waals surface area contributed by atoms with E-state index < -0.39 is 16.1 Å². The number of sulfonamides is 1. The Kier molecular flexibility index (Phi) is 4.31. The van der Waals surface area contributed by atoms with Crippen LogP contribution in [0.2, 0.25) is 5.02 Å². The molecule has 18 heavy (non-hydrogen) atoms. The lowest BCUT2D eigenvalue weighted by atomic mass is 10.2. The van der Waals surface area contributed by atoms with Crippen LogP contribution >= 0.6 is 11.6 Å². The topological polar surface area (TPSA) is 85.0 Å². The number of benzene rings is 1. The minimum atomic E-state index is -3.89. The second-order valence-corrected chi connectivity index (χ2v) is 5.96. The molecule has 0 aliphatic heterocycles. The zero-order valence-corrected chi connectivity index (χ0v) is 11.3. The van der Waals surface area contributed by atoms with Crippen LogP contribution in [0, 0.1) is 22.7 Å².